The summed E-state index contributed by atoms with van der Waals surface area (Å²) >= 11 is 1.66. The van der Waals surface area contributed by atoms with Gasteiger partial charge in [-0.15, -0.1) is 11.3 Å². The second-order valence-electron chi connectivity index (χ2n) is 7.43. The number of nitrogens with zero attached hydrogens (tertiary/aromatic N) is 3. The number of nitriles is 1. The molecular formula is C21H22N4OS. The smallest absolute Gasteiger partial charge is 0.222 e. The van der Waals surface area contributed by atoms with Crippen molar-refractivity contribution in [3.8, 4) is 6.07 Å². The van der Waals surface area contributed by atoms with Gasteiger partial charge in [-0.3, -0.25) is 9.78 Å². The van der Waals surface area contributed by atoms with Crippen molar-refractivity contribution in [2.45, 2.75) is 45.7 Å². The molecule has 0 saturated heterocycles. The van der Waals surface area contributed by atoms with Gasteiger partial charge in [-0.05, 0) is 43.0 Å². The number of thiazole rings is 1. The van der Waals surface area contributed by atoms with E-state index in [0.717, 1.165) is 36.7 Å². The summed E-state index contributed by atoms with van der Waals surface area (Å²) in [7, 11) is 0. The lowest BCUT2D eigenvalue weighted by molar-refractivity contribution is -0.124. The number of carbonyl (C=O) groups is 1. The summed E-state index contributed by atoms with van der Waals surface area (Å²) in [6.07, 6.45) is 4.60. The summed E-state index contributed by atoms with van der Waals surface area (Å²) in [5, 5.41) is 13.6. The molecule has 2 aromatic heterocycles. The SMILES string of the molecule is CC(C)C(=O)N[C@H]1CCc2c(c3cc(C#N)ccc3n2Cc2cncs2)C1. The van der Waals surface area contributed by atoms with Gasteiger partial charge in [0.1, 0.15) is 0 Å². The monoisotopic (exact) mass is 378 g/mol. The summed E-state index contributed by atoms with van der Waals surface area (Å²) in [5.41, 5.74) is 6.28. The number of fused-ring (bicyclic) bond motifs is 3. The fourth-order valence-electron chi connectivity index (χ4n) is 3.87. The van der Waals surface area contributed by atoms with Gasteiger partial charge in [0.05, 0.1) is 23.7 Å². The lowest BCUT2D eigenvalue weighted by Gasteiger charge is -2.25. The van der Waals surface area contributed by atoms with Gasteiger partial charge in [-0.1, -0.05) is 13.8 Å². The maximum Gasteiger partial charge on any atom is 0.222 e. The minimum absolute atomic E-state index is 0.00994. The standard InChI is InChI=1S/C21H22N4OS/c1-13(2)21(26)24-15-4-6-20-18(8-15)17-7-14(9-22)3-5-19(17)25(20)11-16-10-23-12-27-16/h3,5,7,10,12-13,15H,4,6,8,11H2,1-2H3,(H,24,26)/t15-/m0/s1. The molecule has 5 nitrogen and oxygen atoms in total. The van der Waals surface area contributed by atoms with Gasteiger partial charge in [0.25, 0.3) is 0 Å². The second-order valence-corrected chi connectivity index (χ2v) is 8.40. The van der Waals surface area contributed by atoms with Crippen LogP contribution < -0.4 is 5.32 Å². The van der Waals surface area contributed by atoms with Crippen LogP contribution in [0.1, 0.15) is 42.0 Å². The van der Waals surface area contributed by atoms with Crippen molar-refractivity contribution in [3.63, 3.8) is 0 Å². The first kappa shape index (κ1) is 17.7. The zero-order valence-corrected chi connectivity index (χ0v) is 16.3. The Morgan fingerprint density at radius 2 is 2.33 bits per heavy atom. The van der Waals surface area contributed by atoms with Crippen LogP contribution in [0.25, 0.3) is 10.9 Å². The van der Waals surface area contributed by atoms with Gasteiger partial charge >= 0.3 is 0 Å². The predicted molar refractivity (Wildman–Crippen MR) is 107 cm³/mol. The molecule has 1 N–H and O–H groups in total. The number of hydrogen-bond acceptors (Lipinski definition) is 4. The topological polar surface area (TPSA) is 70.7 Å². The van der Waals surface area contributed by atoms with Gasteiger partial charge in [0.15, 0.2) is 0 Å². The lowest BCUT2D eigenvalue weighted by Crippen LogP contribution is -2.41. The van der Waals surface area contributed by atoms with Gasteiger partial charge in [0.2, 0.25) is 5.91 Å². The van der Waals surface area contributed by atoms with Crippen LogP contribution in [0.15, 0.2) is 29.9 Å². The summed E-state index contributed by atoms with van der Waals surface area (Å²) in [5.74, 6) is 0.0961. The van der Waals surface area contributed by atoms with Crippen LogP contribution in [0.3, 0.4) is 0 Å². The first-order valence-corrected chi connectivity index (χ1v) is 10.2. The number of carbonyl (C=O) groups excluding carboxylic acids is 1. The molecule has 0 radical (unpaired) electrons. The van der Waals surface area contributed by atoms with E-state index in [0.29, 0.717) is 5.56 Å². The molecule has 27 heavy (non-hydrogen) atoms. The van der Waals surface area contributed by atoms with Gasteiger partial charge in [-0.2, -0.15) is 5.26 Å². The van der Waals surface area contributed by atoms with E-state index in [1.54, 1.807) is 11.3 Å². The Morgan fingerprint density at radius 1 is 1.48 bits per heavy atom. The van der Waals surface area contributed by atoms with E-state index >= 15 is 0 Å². The van der Waals surface area contributed by atoms with E-state index < -0.39 is 0 Å². The molecule has 6 heteroatoms. The Kier molecular flexibility index (Phi) is 4.71. The van der Waals surface area contributed by atoms with Crippen LogP contribution in [0.4, 0.5) is 0 Å². The quantitative estimate of drug-likeness (QED) is 0.753. The Labute approximate surface area is 162 Å². The van der Waals surface area contributed by atoms with Gasteiger partial charge < -0.3 is 9.88 Å². The van der Waals surface area contributed by atoms with Gasteiger partial charge in [0, 0.05) is 39.6 Å². The average Bonchev–Trinajstić information content (AvgIpc) is 3.28. The molecule has 0 fully saturated rings. The van der Waals surface area contributed by atoms with Crippen molar-refractivity contribution < 1.29 is 4.79 Å². The van der Waals surface area contributed by atoms with Crippen LogP contribution >= 0.6 is 11.3 Å². The zero-order valence-electron chi connectivity index (χ0n) is 15.5. The minimum atomic E-state index is -0.00994. The van der Waals surface area contributed by atoms with Crippen molar-refractivity contribution in [2.24, 2.45) is 5.92 Å². The van der Waals surface area contributed by atoms with Crippen LogP contribution in [-0.2, 0) is 24.2 Å². The van der Waals surface area contributed by atoms with Crippen LogP contribution in [0.2, 0.25) is 0 Å². The highest BCUT2D eigenvalue weighted by molar-refractivity contribution is 7.09. The molecule has 1 aliphatic rings. The lowest BCUT2D eigenvalue weighted by atomic mass is 9.90. The molecule has 1 aromatic carbocycles. The molecule has 0 spiro atoms. The molecule has 2 heterocycles. The maximum atomic E-state index is 12.1. The fourth-order valence-corrected chi connectivity index (χ4v) is 4.45. The third-order valence-corrected chi connectivity index (χ3v) is 6.03. The Balaban J connectivity index is 1.75. The van der Waals surface area contributed by atoms with E-state index in [9.17, 15) is 10.1 Å². The number of amides is 1. The maximum absolute atomic E-state index is 12.1. The van der Waals surface area contributed by atoms with Gasteiger partial charge in [-0.25, -0.2) is 0 Å². The predicted octanol–water partition coefficient (Wildman–Crippen LogP) is 3.65. The van der Waals surface area contributed by atoms with E-state index in [-0.39, 0.29) is 17.9 Å². The third-order valence-electron chi connectivity index (χ3n) is 5.26. The van der Waals surface area contributed by atoms with E-state index in [1.807, 2.05) is 37.7 Å². The molecule has 3 aromatic rings. The highest BCUT2D eigenvalue weighted by Gasteiger charge is 2.27. The first-order valence-electron chi connectivity index (χ1n) is 9.28. The van der Waals surface area contributed by atoms with Crippen molar-refractivity contribution in [3.05, 3.63) is 51.6 Å². The number of aromatic nitrogens is 2. The minimum Gasteiger partial charge on any atom is -0.353 e. The second kappa shape index (κ2) is 7.16. The normalized spacial score (nSPS) is 16.3. The summed E-state index contributed by atoms with van der Waals surface area (Å²) in [6, 6.07) is 8.33. The summed E-state index contributed by atoms with van der Waals surface area (Å²) < 4.78 is 2.36. The number of benzene rings is 1. The largest absolute Gasteiger partial charge is 0.353 e. The van der Waals surface area contributed by atoms with E-state index in [1.165, 1.54) is 16.1 Å². The molecule has 0 aliphatic heterocycles. The fraction of sp³-hybridized carbons (Fsp3) is 0.381. The zero-order chi connectivity index (χ0) is 19.0. The van der Waals surface area contributed by atoms with Crippen LogP contribution in [-0.4, -0.2) is 21.5 Å². The molecule has 138 valence electrons. The average molecular weight is 379 g/mol. The highest BCUT2D eigenvalue weighted by atomic mass is 32.1. The summed E-state index contributed by atoms with van der Waals surface area (Å²) in [4.78, 5) is 17.6. The molecule has 0 unspecified atom stereocenters. The van der Waals surface area contributed by atoms with E-state index in [2.05, 4.69) is 27.0 Å². The number of rotatable bonds is 4. The molecule has 1 aliphatic carbocycles. The Morgan fingerprint density at radius 3 is 3.04 bits per heavy atom. The molecule has 4 rings (SSSR count). The summed E-state index contributed by atoms with van der Waals surface area (Å²) in [6.45, 7) is 4.64. The van der Waals surface area contributed by atoms with Crippen molar-refractivity contribution in [1.82, 2.24) is 14.9 Å². The highest BCUT2D eigenvalue weighted by Crippen LogP contribution is 2.34. The van der Waals surface area contributed by atoms with Crippen LogP contribution in [0, 0.1) is 17.2 Å². The van der Waals surface area contributed by atoms with E-state index in [4.69, 9.17) is 0 Å². The number of hydrogen-bond donors (Lipinski definition) is 1. The molecule has 0 saturated carbocycles. The van der Waals surface area contributed by atoms with Crippen molar-refractivity contribution in [1.29, 1.82) is 5.26 Å². The molecule has 1 amide bonds. The third kappa shape index (κ3) is 3.35. The number of nitrogens with one attached hydrogen (secondary N) is 1. The first-order chi connectivity index (χ1) is 13.1. The molecular weight excluding hydrogens is 356 g/mol. The molecule has 1 atom stereocenters. The van der Waals surface area contributed by atoms with Crippen LogP contribution in [0.5, 0.6) is 0 Å². The van der Waals surface area contributed by atoms with Crippen molar-refractivity contribution in [2.75, 3.05) is 0 Å². The Bertz CT molecular complexity index is 1030. The van der Waals surface area contributed by atoms with Crippen molar-refractivity contribution >= 4 is 28.1 Å². The Hall–Kier alpha value is -2.65. The molecule has 0 bridgehead atoms.